The molecule has 0 aliphatic heterocycles. The number of hydrogen-bond donors (Lipinski definition) is 0. The molecule has 0 N–H and O–H groups in total. The van der Waals surface area contributed by atoms with Crippen LogP contribution in [0.5, 0.6) is 0 Å². The zero-order valence-corrected chi connectivity index (χ0v) is 9.30. The van der Waals surface area contributed by atoms with Gasteiger partial charge in [0.1, 0.15) is 6.29 Å². The highest BCUT2D eigenvalue weighted by atomic mass is 35.5. The maximum absolute atomic E-state index is 11.1. The van der Waals surface area contributed by atoms with Crippen molar-refractivity contribution >= 4 is 23.9 Å². The number of methoxy groups -OCH3 is 1. The third-order valence-electron chi connectivity index (χ3n) is 2.13. The molecule has 4 heteroatoms. The van der Waals surface area contributed by atoms with E-state index in [0.717, 1.165) is 11.8 Å². The van der Waals surface area contributed by atoms with Gasteiger partial charge in [-0.3, -0.25) is 9.59 Å². The first-order chi connectivity index (χ1) is 7.08. The summed E-state index contributed by atoms with van der Waals surface area (Å²) < 4.78 is 4.55. The number of benzene rings is 1. The Labute approximate surface area is 93.0 Å². The monoisotopic (exact) mass is 226 g/mol. The van der Waals surface area contributed by atoms with Gasteiger partial charge in [-0.05, 0) is 30.2 Å². The van der Waals surface area contributed by atoms with E-state index in [1.165, 1.54) is 7.11 Å². The van der Waals surface area contributed by atoms with E-state index in [9.17, 15) is 9.59 Å². The molecule has 0 heterocycles. The molecule has 1 rings (SSSR count). The van der Waals surface area contributed by atoms with Crippen LogP contribution in [0.2, 0.25) is 5.02 Å². The van der Waals surface area contributed by atoms with Crippen molar-refractivity contribution < 1.29 is 14.3 Å². The van der Waals surface area contributed by atoms with Crippen LogP contribution in [0.25, 0.3) is 0 Å². The molecule has 0 spiro atoms. The van der Waals surface area contributed by atoms with Gasteiger partial charge in [0.2, 0.25) is 0 Å². The lowest BCUT2D eigenvalue weighted by molar-refractivity contribution is -0.139. The van der Waals surface area contributed by atoms with Gasteiger partial charge < -0.3 is 4.74 Å². The minimum atomic E-state index is -0.348. The number of carbonyl (C=O) groups excluding carboxylic acids is 2. The van der Waals surface area contributed by atoms with E-state index >= 15 is 0 Å². The number of carbonyl (C=O) groups is 2. The maximum Gasteiger partial charge on any atom is 0.310 e. The van der Waals surface area contributed by atoms with Crippen molar-refractivity contribution in [3.8, 4) is 0 Å². The SMILES string of the molecule is COC(=O)Cc1c(C)cc(C=O)cc1Cl. The molecule has 3 nitrogen and oxygen atoms in total. The van der Waals surface area contributed by atoms with Gasteiger partial charge >= 0.3 is 5.97 Å². The van der Waals surface area contributed by atoms with Crippen molar-refractivity contribution in [2.45, 2.75) is 13.3 Å². The van der Waals surface area contributed by atoms with Crippen LogP contribution in [0.4, 0.5) is 0 Å². The summed E-state index contributed by atoms with van der Waals surface area (Å²) in [5.74, 6) is -0.348. The molecule has 0 aliphatic rings. The average Bonchev–Trinajstić information content (AvgIpc) is 2.22. The number of aryl methyl sites for hydroxylation is 1. The maximum atomic E-state index is 11.1. The van der Waals surface area contributed by atoms with E-state index in [4.69, 9.17) is 11.6 Å². The zero-order valence-electron chi connectivity index (χ0n) is 8.54. The molecule has 0 bridgehead atoms. The van der Waals surface area contributed by atoms with Crippen LogP contribution in [0, 0.1) is 6.92 Å². The molecule has 0 fully saturated rings. The summed E-state index contributed by atoms with van der Waals surface area (Å²) in [4.78, 5) is 21.6. The fourth-order valence-electron chi connectivity index (χ4n) is 1.31. The number of hydrogen-bond acceptors (Lipinski definition) is 3. The topological polar surface area (TPSA) is 43.4 Å². The molecule has 15 heavy (non-hydrogen) atoms. The number of rotatable bonds is 3. The molecule has 0 saturated heterocycles. The summed E-state index contributed by atoms with van der Waals surface area (Å²) in [6.07, 6.45) is 0.848. The van der Waals surface area contributed by atoms with Gasteiger partial charge in [0.05, 0.1) is 13.5 Å². The Morgan fingerprint density at radius 2 is 2.20 bits per heavy atom. The summed E-state index contributed by atoms with van der Waals surface area (Å²) in [5, 5.41) is 0.419. The highest BCUT2D eigenvalue weighted by Gasteiger charge is 2.11. The first-order valence-corrected chi connectivity index (χ1v) is 4.77. The van der Waals surface area contributed by atoms with E-state index in [1.54, 1.807) is 19.1 Å². The summed E-state index contributed by atoms with van der Waals surface area (Å²) in [7, 11) is 1.32. The molecule has 1 aromatic rings. The number of aldehydes is 1. The highest BCUT2D eigenvalue weighted by molar-refractivity contribution is 6.31. The molecule has 0 radical (unpaired) electrons. The van der Waals surface area contributed by atoms with E-state index in [1.807, 2.05) is 0 Å². The van der Waals surface area contributed by atoms with Crippen LogP contribution in [-0.2, 0) is 16.0 Å². The fraction of sp³-hybridized carbons (Fsp3) is 0.273. The molecule has 0 unspecified atom stereocenters. The van der Waals surface area contributed by atoms with Gasteiger partial charge in [0, 0.05) is 10.6 Å². The van der Waals surface area contributed by atoms with Gasteiger partial charge in [-0.15, -0.1) is 0 Å². The number of ether oxygens (including phenoxy) is 1. The number of esters is 1. The average molecular weight is 227 g/mol. The molecule has 0 amide bonds. The first-order valence-electron chi connectivity index (χ1n) is 4.39. The van der Waals surface area contributed by atoms with Crippen LogP contribution in [0.3, 0.4) is 0 Å². The summed E-state index contributed by atoms with van der Waals surface area (Å²) in [5.41, 5.74) is 2.02. The van der Waals surface area contributed by atoms with Crippen molar-refractivity contribution in [3.05, 3.63) is 33.8 Å². The molecule has 80 valence electrons. The first kappa shape index (κ1) is 11.7. The van der Waals surface area contributed by atoms with E-state index < -0.39 is 0 Å². The second kappa shape index (κ2) is 4.94. The lowest BCUT2D eigenvalue weighted by Crippen LogP contribution is -2.06. The Balaban J connectivity index is 3.08. The van der Waals surface area contributed by atoms with Crippen LogP contribution in [0.1, 0.15) is 21.5 Å². The fourth-order valence-corrected chi connectivity index (χ4v) is 1.65. The standard InChI is InChI=1S/C11H11ClO3/c1-7-3-8(6-13)4-10(12)9(7)5-11(14)15-2/h3-4,6H,5H2,1-2H3. The molecular weight excluding hydrogens is 216 g/mol. The van der Waals surface area contributed by atoms with Gasteiger partial charge in [0.15, 0.2) is 0 Å². The normalized spacial score (nSPS) is 9.80. The van der Waals surface area contributed by atoms with E-state index in [-0.39, 0.29) is 12.4 Å². The Kier molecular flexibility index (Phi) is 3.86. The minimum absolute atomic E-state index is 0.125. The van der Waals surface area contributed by atoms with E-state index in [2.05, 4.69) is 4.74 Å². The molecule has 0 aliphatic carbocycles. The quantitative estimate of drug-likeness (QED) is 0.586. The van der Waals surface area contributed by atoms with Crippen molar-refractivity contribution in [1.29, 1.82) is 0 Å². The second-order valence-corrected chi connectivity index (χ2v) is 3.58. The second-order valence-electron chi connectivity index (χ2n) is 3.17. The van der Waals surface area contributed by atoms with Crippen molar-refractivity contribution in [3.63, 3.8) is 0 Å². The van der Waals surface area contributed by atoms with Crippen LogP contribution in [0.15, 0.2) is 12.1 Å². The third-order valence-corrected chi connectivity index (χ3v) is 2.46. The largest absolute Gasteiger partial charge is 0.469 e. The van der Waals surface area contributed by atoms with Crippen molar-refractivity contribution in [2.24, 2.45) is 0 Å². The Morgan fingerprint density at radius 3 is 2.67 bits per heavy atom. The highest BCUT2D eigenvalue weighted by Crippen LogP contribution is 2.22. The lowest BCUT2D eigenvalue weighted by Gasteiger charge is -2.07. The van der Waals surface area contributed by atoms with Crippen LogP contribution in [-0.4, -0.2) is 19.4 Å². The van der Waals surface area contributed by atoms with Gasteiger partial charge in [-0.2, -0.15) is 0 Å². The zero-order chi connectivity index (χ0) is 11.4. The summed E-state index contributed by atoms with van der Waals surface area (Å²) >= 11 is 5.95. The Morgan fingerprint density at radius 1 is 1.53 bits per heavy atom. The predicted octanol–water partition coefficient (Wildman–Crippen LogP) is 2.18. The lowest BCUT2D eigenvalue weighted by atomic mass is 10.0. The summed E-state index contributed by atoms with van der Waals surface area (Å²) in [6, 6.07) is 3.23. The van der Waals surface area contributed by atoms with Crippen molar-refractivity contribution in [1.82, 2.24) is 0 Å². The van der Waals surface area contributed by atoms with Gasteiger partial charge in [-0.25, -0.2) is 0 Å². The summed E-state index contributed by atoms with van der Waals surface area (Å²) in [6.45, 7) is 1.80. The predicted molar refractivity (Wildman–Crippen MR) is 57.3 cm³/mol. The molecule has 0 atom stereocenters. The van der Waals surface area contributed by atoms with Crippen LogP contribution < -0.4 is 0 Å². The van der Waals surface area contributed by atoms with Crippen LogP contribution >= 0.6 is 11.6 Å². The smallest absolute Gasteiger partial charge is 0.310 e. The third kappa shape index (κ3) is 2.80. The minimum Gasteiger partial charge on any atom is -0.469 e. The van der Waals surface area contributed by atoms with Gasteiger partial charge in [0.25, 0.3) is 0 Å². The molecular formula is C11H11ClO3. The van der Waals surface area contributed by atoms with E-state index in [0.29, 0.717) is 16.1 Å². The Hall–Kier alpha value is -1.35. The molecule has 0 saturated carbocycles. The van der Waals surface area contributed by atoms with Crippen molar-refractivity contribution in [2.75, 3.05) is 7.11 Å². The molecule has 1 aromatic carbocycles. The Bertz CT molecular complexity index is 376. The van der Waals surface area contributed by atoms with Gasteiger partial charge in [-0.1, -0.05) is 11.6 Å². The number of halogens is 1. The molecule has 0 aromatic heterocycles.